The van der Waals surface area contributed by atoms with Gasteiger partial charge in [0, 0.05) is 43.9 Å². The highest BCUT2D eigenvalue weighted by molar-refractivity contribution is 5.77. The molecule has 5 heteroatoms. The van der Waals surface area contributed by atoms with Crippen molar-refractivity contribution >= 4 is 5.91 Å². The van der Waals surface area contributed by atoms with Gasteiger partial charge < -0.3 is 14.4 Å². The van der Waals surface area contributed by atoms with Gasteiger partial charge in [-0.3, -0.25) is 9.78 Å². The summed E-state index contributed by atoms with van der Waals surface area (Å²) >= 11 is 0. The predicted molar refractivity (Wildman–Crippen MR) is 93.8 cm³/mol. The van der Waals surface area contributed by atoms with Crippen molar-refractivity contribution in [3.63, 3.8) is 0 Å². The van der Waals surface area contributed by atoms with Crippen molar-refractivity contribution in [3.05, 3.63) is 30.1 Å². The van der Waals surface area contributed by atoms with Gasteiger partial charge in [-0.1, -0.05) is 6.07 Å². The lowest BCUT2D eigenvalue weighted by Crippen LogP contribution is -2.58. The lowest BCUT2D eigenvalue weighted by atomic mass is 9.73. The number of pyridine rings is 1. The number of ether oxygens (including phenoxy) is 2. The number of carbonyl (C=O) groups excluding carboxylic acids is 1. The molecule has 25 heavy (non-hydrogen) atoms. The molecule has 4 rings (SSSR count). The monoisotopic (exact) mass is 344 g/mol. The van der Waals surface area contributed by atoms with Gasteiger partial charge in [-0.05, 0) is 49.7 Å². The molecule has 0 aromatic carbocycles. The van der Waals surface area contributed by atoms with Gasteiger partial charge in [0.25, 0.3) is 0 Å². The largest absolute Gasteiger partial charge is 0.377 e. The van der Waals surface area contributed by atoms with Crippen LogP contribution in [-0.4, -0.2) is 48.2 Å². The van der Waals surface area contributed by atoms with Crippen molar-refractivity contribution < 1.29 is 14.3 Å². The second kappa shape index (κ2) is 7.42. The van der Waals surface area contributed by atoms with Gasteiger partial charge in [0.15, 0.2) is 0 Å². The highest BCUT2D eigenvalue weighted by Crippen LogP contribution is 2.41. The molecule has 0 unspecified atom stereocenters. The Hall–Kier alpha value is -1.46. The molecule has 5 nitrogen and oxygen atoms in total. The predicted octanol–water partition coefficient (Wildman–Crippen LogP) is 2.80. The number of aromatic nitrogens is 1. The summed E-state index contributed by atoms with van der Waals surface area (Å²) in [4.78, 5) is 18.8. The molecule has 136 valence electrons. The number of hydrogen-bond donors (Lipinski definition) is 0. The van der Waals surface area contributed by atoms with E-state index in [-0.39, 0.29) is 11.5 Å². The summed E-state index contributed by atoms with van der Waals surface area (Å²) in [5.74, 6) is 0.976. The van der Waals surface area contributed by atoms with Gasteiger partial charge in [0.05, 0.1) is 19.3 Å². The van der Waals surface area contributed by atoms with E-state index < -0.39 is 0 Å². The normalized spacial score (nSPS) is 29.3. The Kier molecular flexibility index (Phi) is 5.04. The molecular weight excluding hydrogens is 316 g/mol. The molecule has 3 aliphatic rings. The number of rotatable bonds is 6. The quantitative estimate of drug-likeness (QED) is 0.796. The van der Waals surface area contributed by atoms with Gasteiger partial charge in [-0.2, -0.15) is 0 Å². The Bertz CT molecular complexity index is 590. The second-order valence-electron chi connectivity index (χ2n) is 7.93. The van der Waals surface area contributed by atoms with Crippen molar-refractivity contribution in [2.24, 2.45) is 11.3 Å². The third-order valence-electron chi connectivity index (χ3n) is 5.88. The average Bonchev–Trinajstić information content (AvgIpc) is 3.46. The van der Waals surface area contributed by atoms with E-state index in [0.29, 0.717) is 25.0 Å². The van der Waals surface area contributed by atoms with Crippen molar-refractivity contribution in [3.8, 4) is 0 Å². The SMILES string of the molecule is O=C(CC1CC1)N1CC[C@H]2OCCC[C@]2(COCc2cccnc2)C1. The highest BCUT2D eigenvalue weighted by atomic mass is 16.5. The van der Waals surface area contributed by atoms with Crippen LogP contribution in [0.4, 0.5) is 0 Å². The number of nitrogens with zero attached hydrogens (tertiary/aromatic N) is 2. The van der Waals surface area contributed by atoms with Crippen LogP contribution in [-0.2, 0) is 20.9 Å². The van der Waals surface area contributed by atoms with Crippen LogP contribution in [0.25, 0.3) is 0 Å². The van der Waals surface area contributed by atoms with Crippen LogP contribution >= 0.6 is 0 Å². The summed E-state index contributed by atoms with van der Waals surface area (Å²) in [6.45, 7) is 3.68. The standard InChI is InChI=1S/C20H28N2O3/c23-19(11-16-4-5-16)22-9-6-18-20(14-22,7-2-10-25-18)15-24-13-17-3-1-8-21-12-17/h1,3,8,12,16,18H,2,4-7,9-11,13-15H2/t18-,20-/m1/s1. The van der Waals surface area contributed by atoms with E-state index in [1.807, 2.05) is 18.3 Å². The Balaban J connectivity index is 1.39. The molecule has 0 bridgehead atoms. The molecule has 0 radical (unpaired) electrons. The molecule has 2 atom stereocenters. The maximum Gasteiger partial charge on any atom is 0.222 e. The Morgan fingerprint density at radius 1 is 1.40 bits per heavy atom. The summed E-state index contributed by atoms with van der Waals surface area (Å²) in [7, 11) is 0. The minimum absolute atomic E-state index is 0.0437. The minimum atomic E-state index is -0.0437. The molecule has 2 aliphatic heterocycles. The second-order valence-corrected chi connectivity index (χ2v) is 7.93. The zero-order valence-corrected chi connectivity index (χ0v) is 14.9. The third-order valence-corrected chi connectivity index (χ3v) is 5.88. The zero-order chi connectivity index (χ0) is 17.1. The first-order chi connectivity index (χ1) is 12.3. The number of carbonyl (C=O) groups is 1. The fraction of sp³-hybridized carbons (Fsp3) is 0.700. The summed E-state index contributed by atoms with van der Waals surface area (Å²) in [5, 5.41) is 0. The lowest BCUT2D eigenvalue weighted by molar-refractivity contribution is -0.166. The van der Waals surface area contributed by atoms with Crippen molar-refractivity contribution in [2.45, 2.75) is 51.2 Å². The molecule has 3 fully saturated rings. The van der Waals surface area contributed by atoms with Gasteiger partial charge in [0.1, 0.15) is 0 Å². The van der Waals surface area contributed by atoms with Crippen LogP contribution in [0.5, 0.6) is 0 Å². The van der Waals surface area contributed by atoms with Gasteiger partial charge in [0.2, 0.25) is 5.91 Å². The molecule has 1 aliphatic carbocycles. The van der Waals surface area contributed by atoms with Crippen LogP contribution < -0.4 is 0 Å². The Morgan fingerprint density at radius 3 is 3.12 bits per heavy atom. The van der Waals surface area contributed by atoms with Crippen molar-refractivity contribution in [1.29, 1.82) is 0 Å². The number of amides is 1. The van der Waals surface area contributed by atoms with E-state index in [9.17, 15) is 4.79 Å². The summed E-state index contributed by atoms with van der Waals surface area (Å²) < 4.78 is 12.2. The van der Waals surface area contributed by atoms with Crippen LogP contribution in [0, 0.1) is 11.3 Å². The molecule has 1 aromatic heterocycles. The Labute approximate surface area is 149 Å². The molecule has 0 spiro atoms. The molecular formula is C20H28N2O3. The van der Waals surface area contributed by atoms with Crippen LogP contribution in [0.1, 0.15) is 44.1 Å². The highest BCUT2D eigenvalue weighted by Gasteiger charge is 2.47. The first-order valence-electron chi connectivity index (χ1n) is 9.61. The topological polar surface area (TPSA) is 51.7 Å². The van der Waals surface area contributed by atoms with Crippen molar-refractivity contribution in [1.82, 2.24) is 9.88 Å². The van der Waals surface area contributed by atoms with Gasteiger partial charge in [-0.25, -0.2) is 0 Å². The van der Waals surface area contributed by atoms with E-state index in [1.165, 1.54) is 12.8 Å². The van der Waals surface area contributed by atoms with Gasteiger partial charge in [-0.15, -0.1) is 0 Å². The zero-order valence-electron chi connectivity index (χ0n) is 14.9. The van der Waals surface area contributed by atoms with E-state index in [4.69, 9.17) is 9.47 Å². The van der Waals surface area contributed by atoms with Crippen molar-refractivity contribution in [2.75, 3.05) is 26.3 Å². The van der Waals surface area contributed by atoms with E-state index in [0.717, 1.165) is 50.9 Å². The fourth-order valence-corrected chi connectivity index (χ4v) is 4.27. The molecule has 1 amide bonds. The smallest absolute Gasteiger partial charge is 0.222 e. The molecule has 0 N–H and O–H groups in total. The number of piperidine rings is 1. The molecule has 3 heterocycles. The first kappa shape index (κ1) is 17.0. The van der Waals surface area contributed by atoms with Crippen LogP contribution in [0.2, 0.25) is 0 Å². The number of fused-ring (bicyclic) bond motifs is 1. The maximum atomic E-state index is 12.6. The molecule has 2 saturated heterocycles. The van der Waals surface area contributed by atoms with Crippen LogP contribution in [0.3, 0.4) is 0 Å². The first-order valence-corrected chi connectivity index (χ1v) is 9.61. The van der Waals surface area contributed by atoms with E-state index in [2.05, 4.69) is 9.88 Å². The average molecular weight is 344 g/mol. The summed E-state index contributed by atoms with van der Waals surface area (Å²) in [6.07, 6.45) is 10.1. The van der Waals surface area contributed by atoms with Crippen LogP contribution in [0.15, 0.2) is 24.5 Å². The molecule has 1 saturated carbocycles. The fourth-order valence-electron chi connectivity index (χ4n) is 4.27. The maximum absolute atomic E-state index is 12.6. The summed E-state index contributed by atoms with van der Waals surface area (Å²) in [5.41, 5.74) is 1.04. The summed E-state index contributed by atoms with van der Waals surface area (Å²) in [6, 6.07) is 3.97. The minimum Gasteiger partial charge on any atom is -0.377 e. The van der Waals surface area contributed by atoms with E-state index in [1.54, 1.807) is 6.20 Å². The Morgan fingerprint density at radius 2 is 2.32 bits per heavy atom. The van der Waals surface area contributed by atoms with E-state index >= 15 is 0 Å². The molecule has 1 aromatic rings. The third kappa shape index (κ3) is 4.04. The van der Waals surface area contributed by atoms with Gasteiger partial charge >= 0.3 is 0 Å². The number of hydrogen-bond acceptors (Lipinski definition) is 4. The lowest BCUT2D eigenvalue weighted by Gasteiger charge is -2.50. The number of likely N-dealkylation sites (tertiary alicyclic amines) is 1.